The largest absolute Gasteiger partial charge is 0.382 e. The Labute approximate surface area is 86.9 Å². The second-order valence-corrected chi connectivity index (χ2v) is 2.78. The van der Waals surface area contributed by atoms with Crippen molar-refractivity contribution in [2.24, 2.45) is 0 Å². The van der Waals surface area contributed by atoms with Gasteiger partial charge in [0.2, 0.25) is 0 Å². The third-order valence-electron chi connectivity index (χ3n) is 1.64. The summed E-state index contributed by atoms with van der Waals surface area (Å²) in [5.74, 6) is -0.940. The molecule has 0 heterocycles. The molecule has 1 aromatic carbocycles. The van der Waals surface area contributed by atoms with Crippen molar-refractivity contribution in [3.05, 3.63) is 35.6 Å². The fraction of sp³-hybridized carbons (Fsp3) is 0.300. The van der Waals surface area contributed by atoms with Crippen molar-refractivity contribution in [2.45, 2.75) is 0 Å². The number of halogens is 1. The van der Waals surface area contributed by atoms with E-state index in [-0.39, 0.29) is 12.2 Å². The fourth-order valence-electron chi connectivity index (χ4n) is 0.930. The number of hydrogen-bond acceptors (Lipinski definition) is 3. The Morgan fingerprint density at radius 3 is 2.93 bits per heavy atom. The highest BCUT2D eigenvalue weighted by molar-refractivity contribution is 5.93. The Hall–Kier alpha value is -1.46. The van der Waals surface area contributed by atoms with Gasteiger partial charge in [-0.25, -0.2) is 9.87 Å². The van der Waals surface area contributed by atoms with E-state index in [2.05, 4.69) is 5.48 Å². The van der Waals surface area contributed by atoms with E-state index in [1.165, 1.54) is 25.3 Å². The van der Waals surface area contributed by atoms with E-state index in [1.54, 1.807) is 0 Å². The number of carbonyl (C=O) groups excluding carboxylic acids is 1. The summed E-state index contributed by atoms with van der Waals surface area (Å²) in [5, 5.41) is 0. The van der Waals surface area contributed by atoms with Crippen LogP contribution >= 0.6 is 0 Å². The Morgan fingerprint density at radius 2 is 2.27 bits per heavy atom. The van der Waals surface area contributed by atoms with Gasteiger partial charge in [-0.1, -0.05) is 6.07 Å². The zero-order valence-corrected chi connectivity index (χ0v) is 8.33. The molecule has 5 heteroatoms. The van der Waals surface area contributed by atoms with Crippen LogP contribution in [-0.4, -0.2) is 26.2 Å². The van der Waals surface area contributed by atoms with E-state index in [0.717, 1.165) is 6.07 Å². The molecule has 0 fully saturated rings. The number of hydroxylamine groups is 1. The third kappa shape index (κ3) is 4.05. The van der Waals surface area contributed by atoms with Crippen LogP contribution < -0.4 is 5.48 Å². The number of amides is 1. The zero-order chi connectivity index (χ0) is 11.1. The van der Waals surface area contributed by atoms with Crippen LogP contribution in [0.2, 0.25) is 0 Å². The van der Waals surface area contributed by atoms with Crippen LogP contribution in [0, 0.1) is 5.82 Å². The Bertz CT molecular complexity index is 330. The number of methoxy groups -OCH3 is 1. The first-order valence-corrected chi connectivity index (χ1v) is 4.40. The molecule has 15 heavy (non-hydrogen) atoms. The van der Waals surface area contributed by atoms with Gasteiger partial charge in [0.1, 0.15) is 5.82 Å². The van der Waals surface area contributed by atoms with E-state index < -0.39 is 11.7 Å². The summed E-state index contributed by atoms with van der Waals surface area (Å²) in [6.45, 7) is 0.626. The SMILES string of the molecule is COCCONC(=O)c1cccc(F)c1. The van der Waals surface area contributed by atoms with Crippen molar-refractivity contribution in [3.63, 3.8) is 0 Å². The van der Waals surface area contributed by atoms with Gasteiger partial charge < -0.3 is 4.74 Å². The van der Waals surface area contributed by atoms with E-state index >= 15 is 0 Å². The van der Waals surface area contributed by atoms with Gasteiger partial charge in [-0.05, 0) is 18.2 Å². The van der Waals surface area contributed by atoms with Gasteiger partial charge in [0.05, 0.1) is 13.2 Å². The van der Waals surface area contributed by atoms with E-state index in [1.807, 2.05) is 0 Å². The van der Waals surface area contributed by atoms with Crippen molar-refractivity contribution in [3.8, 4) is 0 Å². The minimum absolute atomic E-state index is 0.215. The van der Waals surface area contributed by atoms with Crippen molar-refractivity contribution in [2.75, 3.05) is 20.3 Å². The highest BCUT2D eigenvalue weighted by atomic mass is 19.1. The van der Waals surface area contributed by atoms with Crippen LogP contribution in [0.5, 0.6) is 0 Å². The molecule has 0 aliphatic rings. The molecule has 0 saturated heterocycles. The highest BCUT2D eigenvalue weighted by Gasteiger charge is 2.05. The fourth-order valence-corrected chi connectivity index (χ4v) is 0.930. The third-order valence-corrected chi connectivity index (χ3v) is 1.64. The molecule has 0 aliphatic carbocycles. The molecule has 82 valence electrons. The maximum Gasteiger partial charge on any atom is 0.274 e. The van der Waals surface area contributed by atoms with Gasteiger partial charge in [-0.2, -0.15) is 0 Å². The van der Waals surface area contributed by atoms with Gasteiger partial charge >= 0.3 is 0 Å². The molecule has 0 saturated carbocycles. The molecule has 0 radical (unpaired) electrons. The van der Waals surface area contributed by atoms with E-state index in [0.29, 0.717) is 6.61 Å². The monoisotopic (exact) mass is 213 g/mol. The first kappa shape index (κ1) is 11.6. The van der Waals surface area contributed by atoms with Crippen molar-refractivity contribution >= 4 is 5.91 Å². The Balaban J connectivity index is 2.40. The summed E-state index contributed by atoms with van der Waals surface area (Å²) in [6.07, 6.45) is 0. The maximum absolute atomic E-state index is 12.7. The lowest BCUT2D eigenvalue weighted by Crippen LogP contribution is -2.25. The molecule has 0 bridgehead atoms. The molecule has 0 aromatic heterocycles. The smallest absolute Gasteiger partial charge is 0.274 e. The van der Waals surface area contributed by atoms with Crippen molar-refractivity contribution in [1.82, 2.24) is 5.48 Å². The topological polar surface area (TPSA) is 47.6 Å². The predicted octanol–water partition coefficient (Wildman–Crippen LogP) is 1.13. The summed E-state index contributed by atoms with van der Waals surface area (Å²) in [5.41, 5.74) is 2.39. The quantitative estimate of drug-likeness (QED) is 0.589. The minimum Gasteiger partial charge on any atom is -0.382 e. The second kappa shape index (κ2) is 6.10. The summed E-state index contributed by atoms with van der Waals surface area (Å²) >= 11 is 0. The molecule has 1 amide bonds. The standard InChI is InChI=1S/C10H12FNO3/c1-14-5-6-15-12-10(13)8-3-2-4-9(11)7-8/h2-4,7H,5-6H2,1H3,(H,12,13). The van der Waals surface area contributed by atoms with E-state index in [4.69, 9.17) is 9.57 Å². The van der Waals surface area contributed by atoms with Gasteiger partial charge in [0, 0.05) is 12.7 Å². The van der Waals surface area contributed by atoms with Crippen LogP contribution in [0.1, 0.15) is 10.4 Å². The van der Waals surface area contributed by atoms with Gasteiger partial charge in [0.15, 0.2) is 0 Å². The second-order valence-electron chi connectivity index (χ2n) is 2.78. The van der Waals surface area contributed by atoms with Crippen LogP contribution in [0.3, 0.4) is 0 Å². The molecule has 0 spiro atoms. The Morgan fingerprint density at radius 1 is 1.47 bits per heavy atom. The Kier molecular flexibility index (Phi) is 4.73. The summed E-state index contributed by atoms with van der Waals surface area (Å²) in [4.78, 5) is 16.1. The molecular weight excluding hydrogens is 201 g/mol. The number of ether oxygens (including phenoxy) is 1. The average Bonchev–Trinajstić information content (AvgIpc) is 2.24. The molecular formula is C10H12FNO3. The van der Waals surface area contributed by atoms with Gasteiger partial charge in [-0.15, -0.1) is 0 Å². The lowest BCUT2D eigenvalue weighted by Gasteiger charge is -2.04. The highest BCUT2D eigenvalue weighted by Crippen LogP contribution is 2.02. The number of nitrogens with one attached hydrogen (secondary N) is 1. The number of rotatable bonds is 5. The number of carbonyl (C=O) groups is 1. The maximum atomic E-state index is 12.7. The molecule has 0 unspecified atom stereocenters. The van der Waals surface area contributed by atoms with E-state index in [9.17, 15) is 9.18 Å². The number of hydrogen-bond donors (Lipinski definition) is 1. The van der Waals surface area contributed by atoms with Gasteiger partial charge in [0.25, 0.3) is 5.91 Å². The lowest BCUT2D eigenvalue weighted by atomic mass is 10.2. The first-order chi connectivity index (χ1) is 7.24. The normalized spacial score (nSPS) is 10.0. The lowest BCUT2D eigenvalue weighted by molar-refractivity contribution is 0.00886. The van der Waals surface area contributed by atoms with Crippen LogP contribution in [0.25, 0.3) is 0 Å². The van der Waals surface area contributed by atoms with Crippen molar-refractivity contribution in [1.29, 1.82) is 0 Å². The predicted molar refractivity (Wildman–Crippen MR) is 51.7 cm³/mol. The average molecular weight is 213 g/mol. The molecule has 1 aromatic rings. The first-order valence-electron chi connectivity index (χ1n) is 4.40. The van der Waals surface area contributed by atoms with Crippen LogP contribution in [-0.2, 0) is 9.57 Å². The summed E-state index contributed by atoms with van der Waals surface area (Å²) < 4.78 is 17.4. The summed E-state index contributed by atoms with van der Waals surface area (Å²) in [7, 11) is 1.53. The molecule has 4 nitrogen and oxygen atoms in total. The number of benzene rings is 1. The summed E-state index contributed by atoms with van der Waals surface area (Å²) in [6, 6.07) is 5.36. The van der Waals surface area contributed by atoms with Crippen LogP contribution in [0.4, 0.5) is 4.39 Å². The molecule has 1 rings (SSSR count). The minimum atomic E-state index is -0.481. The molecule has 0 aliphatic heterocycles. The van der Waals surface area contributed by atoms with Gasteiger partial charge in [-0.3, -0.25) is 9.63 Å². The zero-order valence-electron chi connectivity index (χ0n) is 8.33. The molecule has 1 N–H and O–H groups in total. The molecule has 0 atom stereocenters. The van der Waals surface area contributed by atoms with Crippen molar-refractivity contribution < 1.29 is 18.8 Å². The van der Waals surface area contributed by atoms with Crippen LogP contribution in [0.15, 0.2) is 24.3 Å².